The summed E-state index contributed by atoms with van der Waals surface area (Å²) in [6.07, 6.45) is 3.20. The van der Waals surface area contributed by atoms with E-state index in [2.05, 4.69) is 5.32 Å². The quantitative estimate of drug-likeness (QED) is 0.922. The lowest BCUT2D eigenvalue weighted by Gasteiger charge is -2.12. The van der Waals surface area contributed by atoms with Crippen LogP contribution in [0.15, 0.2) is 58.3 Å². The lowest BCUT2D eigenvalue weighted by atomic mass is 9.98. The van der Waals surface area contributed by atoms with Crippen molar-refractivity contribution in [2.45, 2.75) is 35.0 Å². The summed E-state index contributed by atoms with van der Waals surface area (Å²) in [6.45, 7) is 0.994. The van der Waals surface area contributed by atoms with E-state index in [0.717, 1.165) is 25.8 Å². The molecule has 0 heterocycles. The van der Waals surface area contributed by atoms with Crippen LogP contribution < -0.4 is 5.32 Å². The minimum Gasteiger partial charge on any atom is -0.320 e. The molecule has 0 fully saturated rings. The highest BCUT2D eigenvalue weighted by Gasteiger charge is 2.25. The van der Waals surface area contributed by atoms with Gasteiger partial charge in [0.1, 0.15) is 0 Å². The highest BCUT2D eigenvalue weighted by Crippen LogP contribution is 2.37. The Hall–Kier alpha value is -1.65. The Bertz CT molecular complexity index is 754. The zero-order chi connectivity index (χ0) is 15.6. The molecule has 2 aromatic rings. The Labute approximate surface area is 132 Å². The predicted molar refractivity (Wildman–Crippen MR) is 87.9 cm³/mol. The van der Waals surface area contributed by atoms with Gasteiger partial charge in [0, 0.05) is 0 Å². The van der Waals surface area contributed by atoms with E-state index in [-0.39, 0.29) is 0 Å². The molecule has 0 amide bonds. The maximum Gasteiger partial charge on any atom is 0.206 e. The summed E-state index contributed by atoms with van der Waals surface area (Å²) in [5.74, 6) is 0.552. The summed E-state index contributed by atoms with van der Waals surface area (Å²) in [5, 5.41) is 3.19. The number of aryl methyl sites for hydroxylation is 1. The van der Waals surface area contributed by atoms with E-state index in [4.69, 9.17) is 0 Å². The van der Waals surface area contributed by atoms with Crippen LogP contribution in [0, 0.1) is 0 Å². The third-order valence-corrected chi connectivity index (χ3v) is 6.19. The average Bonchev–Trinajstić information content (AvgIpc) is 2.96. The molecule has 4 heteroatoms. The zero-order valence-corrected chi connectivity index (χ0v) is 13.6. The lowest BCUT2D eigenvalue weighted by molar-refractivity contribution is 0.591. The molecule has 1 N–H and O–H groups in total. The average molecular weight is 315 g/mol. The molecule has 1 unspecified atom stereocenters. The van der Waals surface area contributed by atoms with Crippen molar-refractivity contribution in [3.63, 3.8) is 0 Å². The molecule has 1 aliphatic carbocycles. The number of fused-ring (bicyclic) bond motifs is 1. The fraction of sp³-hybridized carbons (Fsp3) is 0.333. The van der Waals surface area contributed by atoms with Crippen LogP contribution in [-0.2, 0) is 16.3 Å². The molecule has 22 heavy (non-hydrogen) atoms. The van der Waals surface area contributed by atoms with Crippen molar-refractivity contribution in [1.29, 1.82) is 0 Å². The molecule has 0 saturated heterocycles. The fourth-order valence-corrected chi connectivity index (χ4v) is 4.54. The lowest BCUT2D eigenvalue weighted by Crippen LogP contribution is -2.11. The molecule has 116 valence electrons. The molecule has 0 bridgehead atoms. The van der Waals surface area contributed by atoms with Crippen molar-refractivity contribution in [1.82, 2.24) is 5.32 Å². The van der Waals surface area contributed by atoms with Crippen molar-refractivity contribution in [3.8, 4) is 0 Å². The molecule has 3 rings (SSSR count). The predicted octanol–water partition coefficient (Wildman–Crippen LogP) is 3.16. The number of rotatable bonds is 5. The largest absolute Gasteiger partial charge is 0.320 e. The Morgan fingerprint density at radius 1 is 1.09 bits per heavy atom. The summed E-state index contributed by atoms with van der Waals surface area (Å²) in [7, 11) is -1.44. The van der Waals surface area contributed by atoms with Gasteiger partial charge in [0.25, 0.3) is 0 Å². The Balaban J connectivity index is 1.92. The van der Waals surface area contributed by atoms with Crippen molar-refractivity contribution in [3.05, 3.63) is 59.7 Å². The monoisotopic (exact) mass is 315 g/mol. The van der Waals surface area contributed by atoms with Gasteiger partial charge in [-0.05, 0) is 74.2 Å². The minimum absolute atomic E-state index is 0.361. The molecule has 0 saturated carbocycles. The molecule has 0 aromatic heterocycles. The SMILES string of the molecule is CNCCC1CCc2cc(S(=O)(=O)c3ccccc3)ccc21. The smallest absolute Gasteiger partial charge is 0.206 e. The highest BCUT2D eigenvalue weighted by atomic mass is 32.2. The van der Waals surface area contributed by atoms with Crippen LogP contribution in [0.4, 0.5) is 0 Å². The fourth-order valence-electron chi connectivity index (χ4n) is 3.20. The van der Waals surface area contributed by atoms with Crippen molar-refractivity contribution < 1.29 is 8.42 Å². The summed E-state index contributed by atoms with van der Waals surface area (Å²) < 4.78 is 25.4. The first-order chi connectivity index (χ1) is 10.6. The second kappa shape index (κ2) is 6.23. The van der Waals surface area contributed by atoms with Gasteiger partial charge in [-0.1, -0.05) is 24.3 Å². The van der Waals surface area contributed by atoms with E-state index in [0.29, 0.717) is 15.7 Å². The number of sulfone groups is 1. The van der Waals surface area contributed by atoms with Crippen LogP contribution >= 0.6 is 0 Å². The van der Waals surface area contributed by atoms with Gasteiger partial charge in [0.2, 0.25) is 9.84 Å². The Morgan fingerprint density at radius 2 is 1.86 bits per heavy atom. The van der Waals surface area contributed by atoms with E-state index in [1.807, 2.05) is 25.2 Å². The van der Waals surface area contributed by atoms with Crippen LogP contribution in [0.1, 0.15) is 29.9 Å². The van der Waals surface area contributed by atoms with E-state index >= 15 is 0 Å². The summed E-state index contributed by atoms with van der Waals surface area (Å²) >= 11 is 0. The van der Waals surface area contributed by atoms with Crippen LogP contribution in [0.5, 0.6) is 0 Å². The van der Waals surface area contributed by atoms with Gasteiger partial charge in [0.15, 0.2) is 0 Å². The molecular formula is C18H21NO2S. The molecule has 0 spiro atoms. The first kappa shape index (κ1) is 15.3. The normalized spacial score (nSPS) is 17.4. The minimum atomic E-state index is -3.41. The molecule has 3 nitrogen and oxygen atoms in total. The summed E-state index contributed by atoms with van der Waals surface area (Å²) in [4.78, 5) is 0.770. The maximum atomic E-state index is 12.7. The molecule has 1 atom stereocenters. The van der Waals surface area contributed by atoms with Crippen molar-refractivity contribution in [2.24, 2.45) is 0 Å². The topological polar surface area (TPSA) is 46.2 Å². The van der Waals surface area contributed by atoms with Gasteiger partial charge in [-0.25, -0.2) is 8.42 Å². The third kappa shape index (κ3) is 2.81. The van der Waals surface area contributed by atoms with Gasteiger partial charge in [-0.15, -0.1) is 0 Å². The van der Waals surface area contributed by atoms with E-state index in [1.54, 1.807) is 30.3 Å². The van der Waals surface area contributed by atoms with Crippen LogP contribution in [0.2, 0.25) is 0 Å². The van der Waals surface area contributed by atoms with E-state index < -0.39 is 9.84 Å². The highest BCUT2D eigenvalue weighted by molar-refractivity contribution is 7.91. The number of nitrogens with one attached hydrogen (secondary N) is 1. The van der Waals surface area contributed by atoms with Crippen LogP contribution in [-0.4, -0.2) is 22.0 Å². The van der Waals surface area contributed by atoms with Gasteiger partial charge < -0.3 is 5.32 Å². The molecule has 0 radical (unpaired) electrons. The Kier molecular flexibility index (Phi) is 4.32. The molecule has 1 aliphatic rings. The first-order valence-corrected chi connectivity index (χ1v) is 9.19. The Morgan fingerprint density at radius 3 is 2.59 bits per heavy atom. The molecule has 0 aliphatic heterocycles. The second-order valence-electron chi connectivity index (χ2n) is 5.80. The molecular weight excluding hydrogens is 294 g/mol. The van der Waals surface area contributed by atoms with Gasteiger partial charge >= 0.3 is 0 Å². The number of hydrogen-bond donors (Lipinski definition) is 1. The van der Waals surface area contributed by atoms with E-state index in [9.17, 15) is 8.42 Å². The van der Waals surface area contributed by atoms with Crippen molar-refractivity contribution >= 4 is 9.84 Å². The van der Waals surface area contributed by atoms with Crippen molar-refractivity contribution in [2.75, 3.05) is 13.6 Å². The zero-order valence-electron chi connectivity index (χ0n) is 12.7. The number of hydrogen-bond acceptors (Lipinski definition) is 3. The van der Waals surface area contributed by atoms with Crippen LogP contribution in [0.25, 0.3) is 0 Å². The second-order valence-corrected chi connectivity index (χ2v) is 7.75. The van der Waals surface area contributed by atoms with Gasteiger partial charge in [-0.3, -0.25) is 0 Å². The van der Waals surface area contributed by atoms with Gasteiger partial charge in [0.05, 0.1) is 9.79 Å². The molecule has 2 aromatic carbocycles. The van der Waals surface area contributed by atoms with E-state index in [1.165, 1.54) is 11.1 Å². The first-order valence-electron chi connectivity index (χ1n) is 7.70. The van der Waals surface area contributed by atoms with Crippen LogP contribution in [0.3, 0.4) is 0 Å². The van der Waals surface area contributed by atoms with Gasteiger partial charge in [-0.2, -0.15) is 0 Å². The third-order valence-electron chi connectivity index (χ3n) is 4.42. The summed E-state index contributed by atoms with van der Waals surface area (Å²) in [6, 6.07) is 14.3. The standard InChI is InChI=1S/C18H21NO2S/c1-19-12-11-14-7-8-15-13-17(9-10-18(14)15)22(20,21)16-5-3-2-4-6-16/h2-6,9-10,13-14,19H,7-8,11-12H2,1H3. The maximum absolute atomic E-state index is 12.7. The summed E-state index contributed by atoms with van der Waals surface area (Å²) in [5.41, 5.74) is 2.51. The number of benzene rings is 2.